The normalized spacial score (nSPS) is 16.1. The van der Waals surface area contributed by atoms with Crippen molar-refractivity contribution in [3.8, 4) is 17.2 Å². The van der Waals surface area contributed by atoms with Crippen molar-refractivity contribution in [2.24, 2.45) is 5.73 Å². The number of amides is 1. The van der Waals surface area contributed by atoms with Crippen molar-refractivity contribution < 1.29 is 23.4 Å². The number of ether oxygens (including phenoxy) is 3. The minimum Gasteiger partial charge on any atom is -0.489 e. The number of primary amides is 1. The molecule has 2 aromatic rings. The lowest BCUT2D eigenvalue weighted by Crippen LogP contribution is -2.40. The molecule has 22 heavy (non-hydrogen) atoms. The van der Waals surface area contributed by atoms with Crippen LogP contribution in [0.25, 0.3) is 0 Å². The SMILES string of the molecule is NC(=O)[C@H]1COc2ccc(OCc3ccc(F)cc3)cc2O1. The smallest absolute Gasteiger partial charge is 0.262 e. The maximum Gasteiger partial charge on any atom is 0.262 e. The molecule has 0 spiro atoms. The molecule has 0 bridgehead atoms. The maximum absolute atomic E-state index is 12.8. The molecule has 1 aliphatic heterocycles. The molecule has 2 aromatic carbocycles. The Kier molecular flexibility index (Phi) is 3.82. The van der Waals surface area contributed by atoms with Crippen molar-refractivity contribution in [3.63, 3.8) is 0 Å². The van der Waals surface area contributed by atoms with Gasteiger partial charge in [-0.3, -0.25) is 4.79 Å². The average Bonchev–Trinajstić information content (AvgIpc) is 2.53. The highest BCUT2D eigenvalue weighted by Crippen LogP contribution is 2.35. The van der Waals surface area contributed by atoms with Crippen molar-refractivity contribution in [1.29, 1.82) is 0 Å². The molecule has 1 atom stereocenters. The molecular formula is C16H14FNO4. The summed E-state index contributed by atoms with van der Waals surface area (Å²) in [7, 11) is 0. The van der Waals surface area contributed by atoms with Crippen LogP contribution in [0.15, 0.2) is 42.5 Å². The Bertz CT molecular complexity index is 687. The maximum atomic E-state index is 12.8. The molecule has 6 heteroatoms. The van der Waals surface area contributed by atoms with Gasteiger partial charge in [0.1, 0.15) is 24.8 Å². The number of rotatable bonds is 4. The van der Waals surface area contributed by atoms with Crippen LogP contribution in [0.2, 0.25) is 0 Å². The minimum absolute atomic E-state index is 0.0954. The molecule has 2 N–H and O–H groups in total. The summed E-state index contributed by atoms with van der Waals surface area (Å²) in [5, 5.41) is 0. The molecule has 0 radical (unpaired) electrons. The van der Waals surface area contributed by atoms with E-state index in [1.165, 1.54) is 12.1 Å². The molecule has 114 valence electrons. The van der Waals surface area contributed by atoms with Gasteiger partial charge in [0.05, 0.1) is 0 Å². The molecule has 0 aliphatic carbocycles. The molecule has 0 fully saturated rings. The van der Waals surface area contributed by atoms with E-state index in [9.17, 15) is 9.18 Å². The van der Waals surface area contributed by atoms with Gasteiger partial charge in [-0.25, -0.2) is 4.39 Å². The quantitative estimate of drug-likeness (QED) is 0.938. The second-order valence-corrected chi connectivity index (χ2v) is 4.84. The lowest BCUT2D eigenvalue weighted by molar-refractivity contribution is -0.127. The van der Waals surface area contributed by atoms with Crippen molar-refractivity contribution in [3.05, 3.63) is 53.8 Å². The van der Waals surface area contributed by atoms with Crippen molar-refractivity contribution in [2.75, 3.05) is 6.61 Å². The molecule has 1 amide bonds. The minimum atomic E-state index is -0.806. The third-order valence-electron chi connectivity index (χ3n) is 3.21. The predicted octanol–water partition coefficient (Wildman–Crippen LogP) is 2.03. The highest BCUT2D eigenvalue weighted by molar-refractivity contribution is 5.79. The van der Waals surface area contributed by atoms with Crippen LogP contribution in [0.4, 0.5) is 4.39 Å². The van der Waals surface area contributed by atoms with Crippen LogP contribution in [0.1, 0.15) is 5.56 Å². The molecule has 0 saturated carbocycles. The standard InChI is InChI=1S/C16H14FNO4/c17-11-3-1-10(2-4-11)8-20-12-5-6-13-14(7-12)22-15(9-21-13)16(18)19/h1-7,15H,8-9H2,(H2,18,19)/t15-/m1/s1. The van der Waals surface area contributed by atoms with Gasteiger partial charge in [0.25, 0.3) is 5.91 Å². The van der Waals surface area contributed by atoms with E-state index in [1.54, 1.807) is 30.3 Å². The number of fused-ring (bicyclic) bond motifs is 1. The van der Waals surface area contributed by atoms with Gasteiger partial charge in [-0.2, -0.15) is 0 Å². The summed E-state index contributed by atoms with van der Waals surface area (Å²) in [5.41, 5.74) is 6.04. The van der Waals surface area contributed by atoms with Crippen LogP contribution in [0.3, 0.4) is 0 Å². The summed E-state index contributed by atoms with van der Waals surface area (Å²) in [4.78, 5) is 11.1. The third-order valence-corrected chi connectivity index (χ3v) is 3.21. The summed E-state index contributed by atoms with van der Waals surface area (Å²) in [6.45, 7) is 0.386. The van der Waals surface area contributed by atoms with Crippen LogP contribution in [0.5, 0.6) is 17.2 Å². The molecule has 1 heterocycles. The summed E-state index contributed by atoms with van der Waals surface area (Å²) in [6.07, 6.45) is -0.806. The summed E-state index contributed by atoms with van der Waals surface area (Å²) in [6, 6.07) is 11.1. The van der Waals surface area contributed by atoms with Crippen molar-refractivity contribution >= 4 is 5.91 Å². The zero-order valence-electron chi connectivity index (χ0n) is 11.6. The Hall–Kier alpha value is -2.76. The van der Waals surface area contributed by atoms with Gasteiger partial charge in [-0.05, 0) is 29.8 Å². The van der Waals surface area contributed by atoms with Crippen molar-refractivity contribution in [2.45, 2.75) is 12.7 Å². The van der Waals surface area contributed by atoms with Crippen LogP contribution in [0, 0.1) is 5.82 Å². The fourth-order valence-corrected chi connectivity index (χ4v) is 2.03. The van der Waals surface area contributed by atoms with E-state index >= 15 is 0 Å². The lowest BCUT2D eigenvalue weighted by atomic mass is 10.2. The Morgan fingerprint density at radius 1 is 1.23 bits per heavy atom. The molecule has 0 saturated heterocycles. The molecule has 0 aromatic heterocycles. The molecule has 3 rings (SSSR count). The van der Waals surface area contributed by atoms with E-state index in [-0.39, 0.29) is 12.4 Å². The average molecular weight is 303 g/mol. The molecule has 0 unspecified atom stereocenters. The Labute approximate surface area is 126 Å². The van der Waals surface area contributed by atoms with E-state index in [2.05, 4.69) is 0 Å². The Morgan fingerprint density at radius 2 is 2.00 bits per heavy atom. The van der Waals surface area contributed by atoms with Gasteiger partial charge >= 0.3 is 0 Å². The number of nitrogens with two attached hydrogens (primary N) is 1. The van der Waals surface area contributed by atoms with Gasteiger partial charge in [-0.15, -0.1) is 0 Å². The fraction of sp³-hybridized carbons (Fsp3) is 0.188. The largest absolute Gasteiger partial charge is 0.489 e. The first-order valence-electron chi connectivity index (χ1n) is 6.72. The number of halogens is 1. The first-order valence-corrected chi connectivity index (χ1v) is 6.72. The number of carbonyl (C=O) groups is 1. The Balaban J connectivity index is 1.69. The van der Waals surface area contributed by atoms with Crippen LogP contribution >= 0.6 is 0 Å². The van der Waals surface area contributed by atoms with Crippen molar-refractivity contribution in [1.82, 2.24) is 0 Å². The third kappa shape index (κ3) is 3.11. The van der Waals surface area contributed by atoms with E-state index in [0.717, 1.165) is 5.56 Å². The van der Waals surface area contributed by atoms with Crippen LogP contribution < -0.4 is 19.9 Å². The second-order valence-electron chi connectivity index (χ2n) is 4.84. The molecule has 5 nitrogen and oxygen atoms in total. The summed E-state index contributed by atoms with van der Waals surface area (Å²) in [5.74, 6) is 0.624. The highest BCUT2D eigenvalue weighted by atomic mass is 19.1. The zero-order chi connectivity index (χ0) is 15.5. The number of benzene rings is 2. The topological polar surface area (TPSA) is 70.8 Å². The summed E-state index contributed by atoms with van der Waals surface area (Å²) >= 11 is 0. The predicted molar refractivity (Wildman–Crippen MR) is 76.3 cm³/mol. The van der Waals surface area contributed by atoms with Gasteiger partial charge < -0.3 is 19.9 Å². The van der Waals surface area contributed by atoms with Gasteiger partial charge in [0, 0.05) is 6.07 Å². The number of hydrogen-bond acceptors (Lipinski definition) is 4. The first kappa shape index (κ1) is 14.2. The van der Waals surface area contributed by atoms with Gasteiger partial charge in [0.2, 0.25) is 6.10 Å². The number of carbonyl (C=O) groups excluding carboxylic acids is 1. The van der Waals surface area contributed by atoms with E-state index in [1.807, 2.05) is 0 Å². The lowest BCUT2D eigenvalue weighted by Gasteiger charge is -2.24. The van der Waals surface area contributed by atoms with E-state index in [0.29, 0.717) is 23.9 Å². The zero-order valence-corrected chi connectivity index (χ0v) is 11.6. The second kappa shape index (κ2) is 5.93. The molecular weight excluding hydrogens is 289 g/mol. The molecule has 1 aliphatic rings. The Morgan fingerprint density at radius 3 is 2.73 bits per heavy atom. The van der Waals surface area contributed by atoms with Gasteiger partial charge in [0.15, 0.2) is 11.5 Å². The van der Waals surface area contributed by atoms with E-state index in [4.69, 9.17) is 19.9 Å². The summed E-state index contributed by atoms with van der Waals surface area (Å²) < 4.78 is 29.3. The monoisotopic (exact) mass is 303 g/mol. The first-order chi connectivity index (χ1) is 10.6. The fourth-order valence-electron chi connectivity index (χ4n) is 2.03. The highest BCUT2D eigenvalue weighted by Gasteiger charge is 2.25. The van der Waals surface area contributed by atoms with Crippen LogP contribution in [-0.4, -0.2) is 18.6 Å². The van der Waals surface area contributed by atoms with E-state index < -0.39 is 12.0 Å². The number of hydrogen-bond donors (Lipinski definition) is 1. The van der Waals surface area contributed by atoms with Crippen LogP contribution in [-0.2, 0) is 11.4 Å². The van der Waals surface area contributed by atoms with Gasteiger partial charge in [-0.1, -0.05) is 12.1 Å².